The Labute approximate surface area is 139 Å². The molecular weight excluding hydrogens is 292 g/mol. The van der Waals surface area contributed by atoms with Crippen LogP contribution in [0.4, 0.5) is 0 Å². The minimum absolute atomic E-state index is 0.125. The summed E-state index contributed by atoms with van der Waals surface area (Å²) in [4.78, 5) is 12.6. The summed E-state index contributed by atoms with van der Waals surface area (Å²) < 4.78 is 0. The first-order valence-corrected chi connectivity index (χ1v) is 7.92. The number of aliphatic hydroxyl groups excluding tert-OH is 1. The fourth-order valence-corrected chi connectivity index (χ4v) is 2.46. The molecule has 23 heavy (non-hydrogen) atoms. The molecular formula is C17H30N4O2. The third kappa shape index (κ3) is 6.66. The van der Waals surface area contributed by atoms with E-state index in [1.54, 1.807) is 12.1 Å². The lowest BCUT2D eigenvalue weighted by Gasteiger charge is -2.32. The summed E-state index contributed by atoms with van der Waals surface area (Å²) in [5.41, 5.74) is 9.23. The molecule has 2 atom stereocenters. The first-order chi connectivity index (χ1) is 10.8. The van der Waals surface area contributed by atoms with Crippen LogP contribution >= 0.6 is 0 Å². The molecule has 6 heteroatoms. The summed E-state index contributed by atoms with van der Waals surface area (Å²) in [6.07, 6.45) is -0.693. The van der Waals surface area contributed by atoms with Crippen molar-refractivity contribution in [3.8, 4) is 0 Å². The molecule has 0 heterocycles. The van der Waals surface area contributed by atoms with Crippen LogP contribution in [0, 0.1) is 5.41 Å². The second-order valence-electron chi connectivity index (χ2n) is 6.82. The SMILES string of the molecule is CNC(C(=O)NN(Cc1ccccc1)CC(O)CN)C(C)(C)C. The third-order valence-electron chi connectivity index (χ3n) is 3.60. The Morgan fingerprint density at radius 2 is 1.91 bits per heavy atom. The molecule has 6 nitrogen and oxygen atoms in total. The quantitative estimate of drug-likeness (QED) is 0.523. The zero-order valence-electron chi connectivity index (χ0n) is 14.5. The Bertz CT molecular complexity index is 473. The molecule has 0 aromatic heterocycles. The highest BCUT2D eigenvalue weighted by Gasteiger charge is 2.31. The summed E-state index contributed by atoms with van der Waals surface area (Å²) in [5, 5.41) is 14.6. The lowest BCUT2D eigenvalue weighted by atomic mass is 9.86. The molecule has 0 radical (unpaired) electrons. The van der Waals surface area contributed by atoms with Gasteiger partial charge in [0.2, 0.25) is 0 Å². The largest absolute Gasteiger partial charge is 0.390 e. The number of nitrogens with zero attached hydrogens (tertiary/aromatic N) is 1. The van der Waals surface area contributed by atoms with E-state index in [9.17, 15) is 9.90 Å². The molecule has 0 bridgehead atoms. The number of hydrogen-bond donors (Lipinski definition) is 4. The van der Waals surface area contributed by atoms with E-state index in [0.717, 1.165) is 5.56 Å². The van der Waals surface area contributed by atoms with E-state index in [2.05, 4.69) is 10.7 Å². The minimum Gasteiger partial charge on any atom is -0.390 e. The van der Waals surface area contributed by atoms with Crippen LogP contribution in [-0.2, 0) is 11.3 Å². The summed E-state index contributed by atoms with van der Waals surface area (Å²) in [5.74, 6) is -0.125. The maximum atomic E-state index is 12.6. The van der Waals surface area contributed by atoms with Gasteiger partial charge in [-0.2, -0.15) is 0 Å². The molecule has 1 aromatic rings. The smallest absolute Gasteiger partial charge is 0.251 e. The molecule has 130 valence electrons. The molecule has 1 amide bonds. The van der Waals surface area contributed by atoms with Crippen LogP contribution < -0.4 is 16.5 Å². The van der Waals surface area contributed by atoms with Crippen molar-refractivity contribution in [1.29, 1.82) is 0 Å². The molecule has 0 saturated carbocycles. The second kappa shape index (κ2) is 8.98. The average molecular weight is 322 g/mol. The average Bonchev–Trinajstić information content (AvgIpc) is 2.47. The van der Waals surface area contributed by atoms with Crippen LogP contribution in [0.5, 0.6) is 0 Å². The van der Waals surface area contributed by atoms with E-state index in [0.29, 0.717) is 6.54 Å². The Hall–Kier alpha value is -1.47. The molecule has 1 aromatic carbocycles. The maximum absolute atomic E-state index is 12.6. The van der Waals surface area contributed by atoms with Gasteiger partial charge in [0.1, 0.15) is 0 Å². The molecule has 0 aliphatic carbocycles. The summed E-state index contributed by atoms with van der Waals surface area (Å²) in [6, 6.07) is 9.45. The molecule has 0 fully saturated rings. The Morgan fingerprint density at radius 1 is 1.30 bits per heavy atom. The number of hydrogen-bond acceptors (Lipinski definition) is 5. The summed E-state index contributed by atoms with van der Waals surface area (Å²) >= 11 is 0. The highest BCUT2D eigenvalue weighted by atomic mass is 16.3. The van der Waals surface area contributed by atoms with Crippen molar-refractivity contribution in [2.75, 3.05) is 20.1 Å². The van der Waals surface area contributed by atoms with E-state index in [1.807, 2.05) is 51.1 Å². The Balaban J connectivity index is 2.81. The number of aliphatic hydroxyl groups is 1. The molecule has 2 unspecified atom stereocenters. The second-order valence-corrected chi connectivity index (χ2v) is 6.82. The van der Waals surface area contributed by atoms with Crippen LogP contribution in [0.25, 0.3) is 0 Å². The predicted octanol–water partition coefficient (Wildman–Crippen LogP) is 0.474. The third-order valence-corrected chi connectivity index (χ3v) is 3.60. The first kappa shape index (κ1) is 19.6. The van der Waals surface area contributed by atoms with Gasteiger partial charge in [0.15, 0.2) is 0 Å². The normalized spacial score (nSPS) is 14.6. The maximum Gasteiger partial charge on any atom is 0.251 e. The van der Waals surface area contributed by atoms with E-state index in [4.69, 9.17) is 5.73 Å². The van der Waals surface area contributed by atoms with Crippen molar-refractivity contribution in [3.63, 3.8) is 0 Å². The van der Waals surface area contributed by atoms with Gasteiger partial charge >= 0.3 is 0 Å². The standard InChI is InChI=1S/C17H30N4O2/c1-17(2,3)15(19-4)16(23)20-21(12-14(22)10-18)11-13-8-6-5-7-9-13/h5-9,14-15,19,22H,10-12,18H2,1-4H3,(H,20,23). The van der Waals surface area contributed by atoms with E-state index in [-0.39, 0.29) is 30.5 Å². The number of amides is 1. The Kier molecular flexibility index (Phi) is 7.64. The van der Waals surface area contributed by atoms with Crippen molar-refractivity contribution in [1.82, 2.24) is 15.8 Å². The van der Waals surface area contributed by atoms with E-state index >= 15 is 0 Å². The topological polar surface area (TPSA) is 90.6 Å². The molecule has 5 N–H and O–H groups in total. The number of rotatable bonds is 8. The first-order valence-electron chi connectivity index (χ1n) is 7.92. The van der Waals surface area contributed by atoms with Crippen LogP contribution in [-0.4, -0.2) is 48.3 Å². The zero-order chi connectivity index (χ0) is 17.5. The molecule has 0 spiro atoms. The van der Waals surface area contributed by atoms with Crippen molar-refractivity contribution in [3.05, 3.63) is 35.9 Å². The van der Waals surface area contributed by atoms with Crippen LogP contribution in [0.3, 0.4) is 0 Å². The van der Waals surface area contributed by atoms with Gasteiger partial charge < -0.3 is 16.2 Å². The lowest BCUT2D eigenvalue weighted by molar-refractivity contribution is -0.131. The fourth-order valence-electron chi connectivity index (χ4n) is 2.46. The van der Waals surface area contributed by atoms with Gasteiger partial charge in [0.05, 0.1) is 12.1 Å². The van der Waals surface area contributed by atoms with E-state index in [1.165, 1.54) is 0 Å². The molecule has 0 aliphatic heterocycles. The van der Waals surface area contributed by atoms with Crippen LogP contribution in [0.2, 0.25) is 0 Å². The Morgan fingerprint density at radius 3 is 2.39 bits per heavy atom. The molecule has 1 rings (SSSR count). The number of carbonyl (C=O) groups is 1. The molecule has 0 aliphatic rings. The lowest BCUT2D eigenvalue weighted by Crippen LogP contribution is -2.56. The van der Waals surface area contributed by atoms with Gasteiger partial charge in [-0.1, -0.05) is 51.1 Å². The predicted molar refractivity (Wildman–Crippen MR) is 92.4 cm³/mol. The number of hydrazine groups is 1. The monoisotopic (exact) mass is 322 g/mol. The summed E-state index contributed by atoms with van der Waals surface area (Å²) in [6.45, 7) is 6.94. The summed E-state index contributed by atoms with van der Waals surface area (Å²) in [7, 11) is 1.77. The van der Waals surface area contributed by atoms with Gasteiger partial charge in [-0.05, 0) is 18.0 Å². The van der Waals surface area contributed by atoms with E-state index < -0.39 is 6.10 Å². The van der Waals surface area contributed by atoms with Crippen LogP contribution in [0.15, 0.2) is 30.3 Å². The van der Waals surface area contributed by atoms with Gasteiger partial charge in [0.25, 0.3) is 5.91 Å². The van der Waals surface area contributed by atoms with Gasteiger partial charge in [-0.3, -0.25) is 10.2 Å². The molecule has 0 saturated heterocycles. The number of benzene rings is 1. The van der Waals surface area contributed by atoms with Gasteiger partial charge in [-0.15, -0.1) is 0 Å². The zero-order valence-corrected chi connectivity index (χ0v) is 14.5. The highest BCUT2D eigenvalue weighted by molar-refractivity contribution is 5.82. The fraction of sp³-hybridized carbons (Fsp3) is 0.588. The number of nitrogens with one attached hydrogen (secondary N) is 2. The van der Waals surface area contributed by atoms with Crippen molar-refractivity contribution in [2.45, 2.75) is 39.5 Å². The highest BCUT2D eigenvalue weighted by Crippen LogP contribution is 2.19. The van der Waals surface area contributed by atoms with Crippen molar-refractivity contribution in [2.24, 2.45) is 11.1 Å². The number of nitrogens with two attached hydrogens (primary N) is 1. The van der Waals surface area contributed by atoms with Gasteiger partial charge in [-0.25, -0.2) is 5.01 Å². The van der Waals surface area contributed by atoms with Crippen molar-refractivity contribution < 1.29 is 9.90 Å². The minimum atomic E-state index is -0.693. The number of likely N-dealkylation sites (N-methyl/N-ethyl adjacent to an activating group) is 1. The number of carbonyl (C=O) groups excluding carboxylic acids is 1. The van der Waals surface area contributed by atoms with Crippen molar-refractivity contribution >= 4 is 5.91 Å². The van der Waals surface area contributed by atoms with Gasteiger partial charge in [0, 0.05) is 19.6 Å². The van der Waals surface area contributed by atoms with Crippen LogP contribution in [0.1, 0.15) is 26.3 Å².